The molecule has 1 saturated heterocycles. The fraction of sp³-hybridized carbons (Fsp3) is 0.529. The number of ether oxygens (including phenoxy) is 1. The van der Waals surface area contributed by atoms with Crippen LogP contribution in [0.1, 0.15) is 26.7 Å². The lowest BCUT2D eigenvalue weighted by Gasteiger charge is -2.33. The molecule has 1 aliphatic rings. The third kappa shape index (κ3) is 4.62. The number of hydrogen-bond donors (Lipinski definition) is 3. The van der Waals surface area contributed by atoms with Crippen LogP contribution < -0.4 is 21.1 Å². The number of rotatable bonds is 6. The highest BCUT2D eigenvalue weighted by Crippen LogP contribution is 2.36. The van der Waals surface area contributed by atoms with Gasteiger partial charge in [-0.1, -0.05) is 0 Å². The summed E-state index contributed by atoms with van der Waals surface area (Å²) in [7, 11) is 0. The van der Waals surface area contributed by atoms with E-state index >= 15 is 0 Å². The molecule has 0 aliphatic carbocycles. The van der Waals surface area contributed by atoms with Gasteiger partial charge in [0.05, 0.1) is 5.69 Å². The normalized spacial score (nSPS) is 21.3. The van der Waals surface area contributed by atoms with E-state index in [4.69, 9.17) is 4.42 Å². The number of hydrogen-bond acceptors (Lipinski definition) is 6. The molecule has 1 aliphatic heterocycles. The third-order valence-corrected chi connectivity index (χ3v) is 4.69. The van der Waals surface area contributed by atoms with E-state index in [0.29, 0.717) is 6.04 Å². The zero-order chi connectivity index (χ0) is 19.6. The minimum atomic E-state index is -3.18. The molecule has 0 unspecified atom stereocenters. The Kier molecular flexibility index (Phi) is 5.73. The Balaban J connectivity index is 1.92. The highest BCUT2D eigenvalue weighted by atomic mass is 19.3. The van der Waals surface area contributed by atoms with Crippen LogP contribution in [-0.2, 0) is 0 Å². The molecular formula is C17H21F3N4O3. The van der Waals surface area contributed by atoms with Crippen LogP contribution in [0.4, 0.5) is 18.9 Å². The van der Waals surface area contributed by atoms with Gasteiger partial charge in [0.2, 0.25) is 5.89 Å². The molecule has 3 atom stereocenters. The zero-order valence-electron chi connectivity index (χ0n) is 14.9. The number of nitrogens with one attached hydrogen (secondary N) is 3. The highest BCUT2D eigenvalue weighted by Gasteiger charge is 2.26. The van der Waals surface area contributed by atoms with E-state index in [9.17, 15) is 18.0 Å². The first-order chi connectivity index (χ1) is 12.8. The molecule has 0 radical (unpaired) electrons. The molecule has 148 valence electrons. The minimum Gasteiger partial charge on any atom is -0.429 e. The smallest absolute Gasteiger partial charge is 0.429 e. The van der Waals surface area contributed by atoms with Crippen molar-refractivity contribution in [2.45, 2.75) is 45.4 Å². The standard InChI is InChI=1S/C17H21F3N4O3/c1-8-5-10(3-4-21-8)9(2)22-13-7-11(15-23-24-17(25)27-15)6-12(18)14(13)26-16(19)20/h6-10,16,21-22H,3-5H2,1-2H3,(H,24,25)/t8-,9+,10-/m1/s1. The van der Waals surface area contributed by atoms with Gasteiger partial charge in [0.25, 0.3) is 0 Å². The summed E-state index contributed by atoms with van der Waals surface area (Å²) >= 11 is 0. The predicted octanol–water partition coefficient (Wildman–Crippen LogP) is 2.96. The van der Waals surface area contributed by atoms with E-state index in [-0.39, 0.29) is 29.1 Å². The van der Waals surface area contributed by atoms with Crippen molar-refractivity contribution in [3.05, 3.63) is 28.5 Å². The number of H-pyrrole nitrogens is 1. The van der Waals surface area contributed by atoms with Crippen LogP contribution >= 0.6 is 0 Å². The Morgan fingerprint density at radius 3 is 2.81 bits per heavy atom. The lowest BCUT2D eigenvalue weighted by molar-refractivity contribution is -0.0517. The Morgan fingerprint density at radius 2 is 2.19 bits per heavy atom. The maximum Gasteiger partial charge on any atom is 0.434 e. The van der Waals surface area contributed by atoms with E-state index in [1.54, 1.807) is 0 Å². The van der Waals surface area contributed by atoms with Crippen LogP contribution in [-0.4, -0.2) is 35.4 Å². The average Bonchev–Trinajstić information content (AvgIpc) is 3.04. The Morgan fingerprint density at radius 1 is 1.41 bits per heavy atom. The van der Waals surface area contributed by atoms with Gasteiger partial charge in [-0.05, 0) is 51.3 Å². The first-order valence-corrected chi connectivity index (χ1v) is 8.67. The van der Waals surface area contributed by atoms with Crippen molar-refractivity contribution in [3.63, 3.8) is 0 Å². The zero-order valence-corrected chi connectivity index (χ0v) is 14.9. The lowest BCUT2D eigenvalue weighted by atomic mass is 9.87. The van der Waals surface area contributed by atoms with Gasteiger partial charge >= 0.3 is 12.4 Å². The Hall–Kier alpha value is -2.49. The average molecular weight is 386 g/mol. The summed E-state index contributed by atoms with van der Waals surface area (Å²) in [6.07, 6.45) is 1.80. The summed E-state index contributed by atoms with van der Waals surface area (Å²) in [5.41, 5.74) is 0.176. The van der Waals surface area contributed by atoms with Crippen LogP contribution in [0.5, 0.6) is 5.75 Å². The van der Waals surface area contributed by atoms with Gasteiger partial charge in [-0.3, -0.25) is 0 Å². The van der Waals surface area contributed by atoms with Gasteiger partial charge in [-0.15, -0.1) is 5.10 Å². The molecule has 1 fully saturated rings. The Labute approximate surface area is 153 Å². The molecule has 0 bridgehead atoms. The third-order valence-electron chi connectivity index (χ3n) is 4.69. The van der Waals surface area contributed by atoms with Crippen LogP contribution in [0.15, 0.2) is 21.3 Å². The van der Waals surface area contributed by atoms with Crippen molar-refractivity contribution in [3.8, 4) is 17.2 Å². The van der Waals surface area contributed by atoms with Crippen molar-refractivity contribution in [2.24, 2.45) is 5.92 Å². The molecule has 2 heterocycles. The largest absolute Gasteiger partial charge is 0.434 e. The summed E-state index contributed by atoms with van der Waals surface area (Å²) in [5.74, 6) is -2.26. The summed E-state index contributed by atoms with van der Waals surface area (Å²) < 4.78 is 49.1. The molecule has 1 aromatic heterocycles. The SMILES string of the molecule is C[C@@H]1C[C@H]([C@H](C)Nc2cc(-c3n[nH]c(=O)o3)cc(F)c2OC(F)F)CCN1. The van der Waals surface area contributed by atoms with Crippen molar-refractivity contribution in [1.29, 1.82) is 0 Å². The van der Waals surface area contributed by atoms with Gasteiger partial charge in [0.1, 0.15) is 0 Å². The minimum absolute atomic E-state index is 0.0506. The molecule has 2 aromatic rings. The van der Waals surface area contributed by atoms with Crippen LogP contribution in [0.3, 0.4) is 0 Å². The van der Waals surface area contributed by atoms with Gasteiger partial charge in [-0.25, -0.2) is 14.3 Å². The van der Waals surface area contributed by atoms with E-state index in [1.165, 1.54) is 6.07 Å². The van der Waals surface area contributed by atoms with E-state index in [2.05, 4.69) is 32.5 Å². The highest BCUT2D eigenvalue weighted by molar-refractivity contribution is 5.68. The molecule has 3 rings (SSSR count). The predicted molar refractivity (Wildman–Crippen MR) is 92.4 cm³/mol. The Bertz CT molecular complexity index is 839. The monoisotopic (exact) mass is 386 g/mol. The molecular weight excluding hydrogens is 365 g/mol. The fourth-order valence-corrected chi connectivity index (χ4v) is 3.37. The number of benzene rings is 1. The second kappa shape index (κ2) is 8.03. The number of halogens is 3. The van der Waals surface area contributed by atoms with Gasteiger partial charge < -0.3 is 19.8 Å². The van der Waals surface area contributed by atoms with E-state index < -0.39 is 23.9 Å². The second-order valence-corrected chi connectivity index (χ2v) is 6.70. The number of piperidine rings is 1. The lowest BCUT2D eigenvalue weighted by Crippen LogP contribution is -2.41. The molecule has 3 N–H and O–H groups in total. The first-order valence-electron chi connectivity index (χ1n) is 8.67. The second-order valence-electron chi connectivity index (χ2n) is 6.70. The van der Waals surface area contributed by atoms with Crippen LogP contribution in [0.25, 0.3) is 11.5 Å². The van der Waals surface area contributed by atoms with Gasteiger partial charge in [0, 0.05) is 17.6 Å². The molecule has 27 heavy (non-hydrogen) atoms. The number of alkyl halides is 2. The number of anilines is 1. The number of nitrogens with zero attached hydrogens (tertiary/aromatic N) is 1. The first kappa shape index (κ1) is 19.3. The molecule has 10 heteroatoms. The number of aromatic nitrogens is 2. The fourth-order valence-electron chi connectivity index (χ4n) is 3.37. The molecule has 1 aromatic carbocycles. The van der Waals surface area contributed by atoms with Crippen molar-refractivity contribution >= 4 is 5.69 Å². The van der Waals surface area contributed by atoms with Crippen LogP contribution in [0, 0.1) is 11.7 Å². The maximum absolute atomic E-state index is 14.5. The van der Waals surface area contributed by atoms with Gasteiger partial charge in [-0.2, -0.15) is 8.78 Å². The van der Waals surface area contributed by atoms with Gasteiger partial charge in [0.15, 0.2) is 11.6 Å². The summed E-state index contributed by atoms with van der Waals surface area (Å²) in [5, 5.41) is 12.1. The molecule has 0 spiro atoms. The summed E-state index contributed by atoms with van der Waals surface area (Å²) in [4.78, 5) is 11.1. The van der Waals surface area contributed by atoms with E-state index in [1.807, 2.05) is 6.92 Å². The van der Waals surface area contributed by atoms with Crippen molar-refractivity contribution in [2.75, 3.05) is 11.9 Å². The number of aromatic amines is 1. The van der Waals surface area contributed by atoms with Crippen LogP contribution in [0.2, 0.25) is 0 Å². The molecule has 0 saturated carbocycles. The molecule has 7 nitrogen and oxygen atoms in total. The van der Waals surface area contributed by atoms with E-state index in [0.717, 1.165) is 25.5 Å². The maximum atomic E-state index is 14.5. The quantitative estimate of drug-likeness (QED) is 0.707. The van der Waals surface area contributed by atoms with Crippen molar-refractivity contribution < 1.29 is 22.3 Å². The molecule has 0 amide bonds. The summed E-state index contributed by atoms with van der Waals surface area (Å²) in [6.45, 7) is 1.66. The topological polar surface area (TPSA) is 92.2 Å². The summed E-state index contributed by atoms with van der Waals surface area (Å²) in [6, 6.07) is 2.53. The van der Waals surface area contributed by atoms with Crippen molar-refractivity contribution in [1.82, 2.24) is 15.5 Å².